The molecule has 12 heavy (non-hydrogen) atoms. The minimum atomic E-state index is -2.71. The van der Waals surface area contributed by atoms with Crippen LogP contribution in [0.5, 0.6) is 0 Å². The predicted molar refractivity (Wildman–Crippen MR) is 42.7 cm³/mol. The number of hydrogen-bond acceptors (Lipinski definition) is 1. The Morgan fingerprint density at radius 3 is 2.83 bits per heavy atom. The van der Waals surface area contributed by atoms with Gasteiger partial charge in [-0.15, -0.1) is 0 Å². The summed E-state index contributed by atoms with van der Waals surface area (Å²) in [4.78, 5) is 0. The lowest BCUT2D eigenvalue weighted by Crippen LogP contribution is -2.03. The van der Waals surface area contributed by atoms with Crippen LogP contribution in [-0.2, 0) is 4.74 Å². The maximum Gasteiger partial charge on any atom is 0.387 e. The Labute approximate surface area is 70.7 Å². The summed E-state index contributed by atoms with van der Waals surface area (Å²) in [6.07, 6.45) is 7.08. The number of ether oxygens (including phenoxy) is 1. The summed E-state index contributed by atoms with van der Waals surface area (Å²) in [6, 6.07) is 0. The molecule has 1 aliphatic carbocycles. The number of rotatable bonds is 3. The molecule has 0 aromatic carbocycles. The third-order valence-electron chi connectivity index (χ3n) is 1.90. The van der Waals surface area contributed by atoms with Crippen LogP contribution in [-0.4, -0.2) is 6.61 Å². The van der Waals surface area contributed by atoms with E-state index < -0.39 is 6.61 Å². The average Bonchev–Trinajstić information content (AvgIpc) is 2.05. The first kappa shape index (κ1) is 9.23. The van der Waals surface area contributed by atoms with Gasteiger partial charge in [-0.05, 0) is 30.9 Å². The Bertz CT molecular complexity index is 197. The van der Waals surface area contributed by atoms with E-state index in [2.05, 4.69) is 11.7 Å². The van der Waals surface area contributed by atoms with Gasteiger partial charge in [-0.3, -0.25) is 0 Å². The number of allylic oxidation sites excluding steroid dienone is 3. The lowest BCUT2D eigenvalue weighted by molar-refractivity contribution is -0.0926. The van der Waals surface area contributed by atoms with E-state index in [4.69, 9.17) is 0 Å². The minimum Gasteiger partial charge on any atom is -0.435 e. The first-order valence-corrected chi connectivity index (χ1v) is 4.05. The van der Waals surface area contributed by atoms with Crippen molar-refractivity contribution < 1.29 is 13.5 Å². The smallest absolute Gasteiger partial charge is 0.387 e. The van der Waals surface area contributed by atoms with Crippen molar-refractivity contribution >= 4 is 0 Å². The molecule has 68 valence electrons. The molecule has 0 aromatic heterocycles. The fourth-order valence-corrected chi connectivity index (χ4v) is 1.14. The minimum absolute atomic E-state index is 0.287. The van der Waals surface area contributed by atoms with E-state index in [0.717, 1.165) is 12.8 Å². The maximum absolute atomic E-state index is 11.7. The number of alkyl halides is 2. The van der Waals surface area contributed by atoms with Crippen LogP contribution in [0.25, 0.3) is 0 Å². The fourth-order valence-electron chi connectivity index (χ4n) is 1.14. The standard InChI is InChI=1S/C9H12F2O/c1-2-7-3-5-8(6-4-7)12-9(10)11/h3,5-7,9H,2,4H2,1H3. The summed E-state index contributed by atoms with van der Waals surface area (Å²) >= 11 is 0. The molecular formula is C9H12F2O. The predicted octanol–water partition coefficient (Wildman–Crippen LogP) is 3.10. The third-order valence-corrected chi connectivity index (χ3v) is 1.90. The monoisotopic (exact) mass is 174 g/mol. The van der Waals surface area contributed by atoms with Gasteiger partial charge >= 0.3 is 6.61 Å². The summed E-state index contributed by atoms with van der Waals surface area (Å²) in [6.45, 7) is -0.638. The Morgan fingerprint density at radius 2 is 2.42 bits per heavy atom. The molecule has 0 heterocycles. The molecule has 1 aliphatic rings. The van der Waals surface area contributed by atoms with Crippen LogP contribution in [0.4, 0.5) is 8.78 Å². The van der Waals surface area contributed by atoms with Crippen LogP contribution in [0.2, 0.25) is 0 Å². The van der Waals surface area contributed by atoms with E-state index in [0.29, 0.717) is 5.92 Å². The van der Waals surface area contributed by atoms with Crippen LogP contribution in [0, 0.1) is 5.92 Å². The highest BCUT2D eigenvalue weighted by atomic mass is 19.3. The van der Waals surface area contributed by atoms with E-state index in [-0.39, 0.29) is 5.76 Å². The zero-order valence-corrected chi connectivity index (χ0v) is 6.97. The molecule has 0 aromatic rings. The molecule has 3 heteroatoms. The Hall–Kier alpha value is -0.860. The van der Waals surface area contributed by atoms with E-state index in [1.165, 1.54) is 0 Å². The first-order chi connectivity index (χ1) is 5.72. The van der Waals surface area contributed by atoms with E-state index >= 15 is 0 Å². The van der Waals surface area contributed by atoms with Crippen molar-refractivity contribution in [2.45, 2.75) is 26.4 Å². The maximum atomic E-state index is 11.7. The van der Waals surface area contributed by atoms with Crippen molar-refractivity contribution in [1.82, 2.24) is 0 Å². The van der Waals surface area contributed by atoms with Gasteiger partial charge in [0.2, 0.25) is 0 Å². The molecule has 1 nitrogen and oxygen atoms in total. The van der Waals surface area contributed by atoms with Crippen LogP contribution >= 0.6 is 0 Å². The van der Waals surface area contributed by atoms with Gasteiger partial charge in [-0.25, -0.2) is 0 Å². The largest absolute Gasteiger partial charge is 0.435 e. The Balaban J connectivity index is 2.41. The number of hydrogen-bond donors (Lipinski definition) is 0. The zero-order valence-electron chi connectivity index (χ0n) is 6.97. The van der Waals surface area contributed by atoms with Crippen LogP contribution < -0.4 is 0 Å². The van der Waals surface area contributed by atoms with Crippen molar-refractivity contribution in [2.24, 2.45) is 5.92 Å². The van der Waals surface area contributed by atoms with Crippen molar-refractivity contribution in [1.29, 1.82) is 0 Å². The van der Waals surface area contributed by atoms with E-state index in [1.807, 2.05) is 6.08 Å². The van der Waals surface area contributed by atoms with Crippen molar-refractivity contribution in [3.63, 3.8) is 0 Å². The van der Waals surface area contributed by atoms with Gasteiger partial charge < -0.3 is 4.74 Å². The molecule has 0 radical (unpaired) electrons. The second-order valence-electron chi connectivity index (χ2n) is 2.75. The van der Waals surface area contributed by atoms with E-state index in [1.54, 1.807) is 12.2 Å². The number of halogens is 2. The molecular weight excluding hydrogens is 162 g/mol. The molecule has 0 spiro atoms. The lowest BCUT2D eigenvalue weighted by atomic mass is 9.98. The van der Waals surface area contributed by atoms with Crippen LogP contribution in [0.15, 0.2) is 24.0 Å². The van der Waals surface area contributed by atoms with Crippen molar-refractivity contribution in [3.8, 4) is 0 Å². The first-order valence-electron chi connectivity index (χ1n) is 4.05. The highest BCUT2D eigenvalue weighted by molar-refractivity contribution is 5.18. The Morgan fingerprint density at radius 1 is 1.67 bits per heavy atom. The second kappa shape index (κ2) is 4.24. The van der Waals surface area contributed by atoms with E-state index in [9.17, 15) is 8.78 Å². The van der Waals surface area contributed by atoms with Crippen molar-refractivity contribution in [3.05, 3.63) is 24.0 Å². The van der Waals surface area contributed by atoms with Crippen LogP contribution in [0.3, 0.4) is 0 Å². The molecule has 0 amide bonds. The normalized spacial score (nSPS) is 22.7. The summed E-state index contributed by atoms with van der Waals surface area (Å²) in [5.74, 6) is 0.768. The average molecular weight is 174 g/mol. The Kier molecular flexibility index (Phi) is 3.26. The molecule has 0 saturated carbocycles. The second-order valence-corrected chi connectivity index (χ2v) is 2.75. The topological polar surface area (TPSA) is 9.23 Å². The van der Waals surface area contributed by atoms with Gasteiger partial charge in [0, 0.05) is 0 Å². The molecule has 0 N–H and O–H groups in total. The molecule has 0 bridgehead atoms. The van der Waals surface area contributed by atoms with Gasteiger partial charge in [-0.1, -0.05) is 13.0 Å². The van der Waals surface area contributed by atoms with Gasteiger partial charge in [0.15, 0.2) is 0 Å². The zero-order chi connectivity index (χ0) is 8.97. The molecule has 0 aliphatic heterocycles. The third kappa shape index (κ3) is 2.64. The highest BCUT2D eigenvalue weighted by Crippen LogP contribution is 2.20. The lowest BCUT2D eigenvalue weighted by Gasteiger charge is -2.14. The summed E-state index contributed by atoms with van der Waals surface area (Å²) in [7, 11) is 0. The summed E-state index contributed by atoms with van der Waals surface area (Å²) < 4.78 is 27.6. The van der Waals surface area contributed by atoms with Gasteiger partial charge in [0.1, 0.15) is 5.76 Å². The molecule has 1 rings (SSSR count). The SMILES string of the molecule is CCC1C=CC(OC(F)F)=CC1. The van der Waals surface area contributed by atoms with Gasteiger partial charge in [0.05, 0.1) is 0 Å². The quantitative estimate of drug-likeness (QED) is 0.638. The van der Waals surface area contributed by atoms with Gasteiger partial charge in [0.25, 0.3) is 0 Å². The molecule has 1 unspecified atom stereocenters. The summed E-state index contributed by atoms with van der Waals surface area (Å²) in [5, 5.41) is 0. The molecule has 1 atom stereocenters. The molecule has 0 saturated heterocycles. The highest BCUT2D eigenvalue weighted by Gasteiger charge is 2.10. The van der Waals surface area contributed by atoms with Gasteiger partial charge in [-0.2, -0.15) is 8.78 Å². The van der Waals surface area contributed by atoms with Crippen molar-refractivity contribution in [2.75, 3.05) is 0 Å². The summed E-state index contributed by atoms with van der Waals surface area (Å²) in [5.41, 5.74) is 0. The molecule has 0 fully saturated rings. The fraction of sp³-hybridized carbons (Fsp3) is 0.556. The van der Waals surface area contributed by atoms with Crippen LogP contribution in [0.1, 0.15) is 19.8 Å².